The number of aliphatic carboxylic acids is 1. The Kier molecular flexibility index (Phi) is 8.71. The number of rotatable bonds is 8. The minimum absolute atomic E-state index is 0.0238. The van der Waals surface area contributed by atoms with Crippen LogP contribution in [0, 0.1) is 0 Å². The zero-order valence-corrected chi connectivity index (χ0v) is 19.9. The molecular weight excluding hydrogens is 499 g/mol. The van der Waals surface area contributed by atoms with Crippen LogP contribution in [-0.4, -0.2) is 28.9 Å². The van der Waals surface area contributed by atoms with Gasteiger partial charge in [0.15, 0.2) is 0 Å². The van der Waals surface area contributed by atoms with E-state index in [0.717, 1.165) is 5.54 Å². The Morgan fingerprint density at radius 2 is 1.50 bits per heavy atom. The predicted octanol–water partition coefficient (Wildman–Crippen LogP) is 5.64. The zero-order valence-electron chi connectivity index (χ0n) is 17.6. The van der Waals surface area contributed by atoms with Gasteiger partial charge in [-0.2, -0.15) is 0 Å². The second-order valence-electron chi connectivity index (χ2n) is 7.20. The lowest BCUT2D eigenvalue weighted by Gasteiger charge is -2.16. The molecule has 3 aromatic rings. The molecule has 3 rings (SSSR count). The molecule has 0 aliphatic heterocycles. The smallest absolute Gasteiger partial charge is 0.326 e. The second-order valence-corrected chi connectivity index (χ2v) is 8.24. The number of carbonyl (C=O) groups excluding carboxylic acids is 2. The van der Waals surface area contributed by atoms with Gasteiger partial charge in [0.1, 0.15) is 6.04 Å². The number of amides is 2. The SMILES string of the molecule is O=C(N[C@@H](Cc1ccc(NC(=O)c2c(Cl)cccc2Cl)cc1)C(=O)O)C(=CCl)c1ccccc1. The summed E-state index contributed by atoms with van der Waals surface area (Å²) in [7, 11) is 0. The Hall–Kier alpha value is -3.32. The lowest BCUT2D eigenvalue weighted by Crippen LogP contribution is -2.42. The predicted molar refractivity (Wildman–Crippen MR) is 134 cm³/mol. The van der Waals surface area contributed by atoms with Gasteiger partial charge in [-0.25, -0.2) is 4.79 Å². The van der Waals surface area contributed by atoms with Crippen molar-refractivity contribution in [2.45, 2.75) is 12.5 Å². The fourth-order valence-corrected chi connectivity index (χ4v) is 3.96. The Labute approximate surface area is 211 Å². The fourth-order valence-electron chi connectivity index (χ4n) is 3.17. The Bertz CT molecular complexity index is 1210. The van der Waals surface area contributed by atoms with Crippen molar-refractivity contribution in [1.82, 2.24) is 5.32 Å². The van der Waals surface area contributed by atoms with E-state index < -0.39 is 23.8 Å². The van der Waals surface area contributed by atoms with Crippen LogP contribution in [0.2, 0.25) is 10.0 Å². The van der Waals surface area contributed by atoms with Crippen molar-refractivity contribution < 1.29 is 19.5 Å². The molecule has 0 unspecified atom stereocenters. The molecule has 0 saturated carbocycles. The molecule has 174 valence electrons. The summed E-state index contributed by atoms with van der Waals surface area (Å²) in [5.74, 6) is -2.27. The monoisotopic (exact) mass is 516 g/mol. The van der Waals surface area contributed by atoms with Crippen molar-refractivity contribution in [3.05, 3.63) is 105 Å². The van der Waals surface area contributed by atoms with Gasteiger partial charge in [0.05, 0.1) is 21.2 Å². The highest BCUT2D eigenvalue weighted by Crippen LogP contribution is 2.25. The third-order valence-electron chi connectivity index (χ3n) is 4.88. The summed E-state index contributed by atoms with van der Waals surface area (Å²) in [6.07, 6.45) is 0.0238. The molecule has 6 nitrogen and oxygen atoms in total. The van der Waals surface area contributed by atoms with E-state index in [1.165, 1.54) is 0 Å². The van der Waals surface area contributed by atoms with Crippen LogP contribution in [0.4, 0.5) is 5.69 Å². The Balaban J connectivity index is 1.68. The number of hydrogen-bond acceptors (Lipinski definition) is 3. The first-order valence-corrected chi connectivity index (χ1v) is 11.2. The average Bonchev–Trinajstić information content (AvgIpc) is 2.81. The van der Waals surface area contributed by atoms with Crippen molar-refractivity contribution in [3.63, 3.8) is 0 Å². The van der Waals surface area contributed by atoms with Crippen LogP contribution in [0.1, 0.15) is 21.5 Å². The Morgan fingerprint density at radius 3 is 2.06 bits per heavy atom. The number of halogens is 3. The van der Waals surface area contributed by atoms with E-state index in [4.69, 9.17) is 34.8 Å². The molecule has 0 saturated heterocycles. The maximum atomic E-state index is 12.6. The van der Waals surface area contributed by atoms with Crippen molar-refractivity contribution in [2.24, 2.45) is 0 Å². The second kappa shape index (κ2) is 11.7. The first-order chi connectivity index (χ1) is 16.3. The summed E-state index contributed by atoms with van der Waals surface area (Å²) in [5.41, 5.74) is 3.11. The molecule has 0 bridgehead atoms. The van der Waals surface area contributed by atoms with Gasteiger partial charge < -0.3 is 15.7 Å². The summed E-state index contributed by atoms with van der Waals surface area (Å²) in [5, 5.41) is 15.3. The molecule has 3 N–H and O–H groups in total. The third-order valence-corrected chi connectivity index (χ3v) is 5.73. The van der Waals surface area contributed by atoms with Crippen LogP contribution in [0.3, 0.4) is 0 Å². The molecule has 9 heteroatoms. The number of nitrogens with one attached hydrogen (secondary N) is 2. The lowest BCUT2D eigenvalue weighted by molar-refractivity contribution is -0.141. The van der Waals surface area contributed by atoms with Crippen LogP contribution in [0.25, 0.3) is 5.57 Å². The van der Waals surface area contributed by atoms with E-state index >= 15 is 0 Å². The molecule has 1 atom stereocenters. The highest BCUT2D eigenvalue weighted by atomic mass is 35.5. The van der Waals surface area contributed by atoms with Crippen molar-refractivity contribution in [3.8, 4) is 0 Å². The van der Waals surface area contributed by atoms with Gasteiger partial charge in [-0.05, 0) is 35.4 Å². The molecule has 0 aliphatic carbocycles. The van der Waals surface area contributed by atoms with E-state index in [2.05, 4.69) is 10.6 Å². The van der Waals surface area contributed by atoms with Crippen LogP contribution < -0.4 is 10.6 Å². The molecule has 2 amide bonds. The third kappa shape index (κ3) is 6.38. The van der Waals surface area contributed by atoms with Crippen LogP contribution in [-0.2, 0) is 16.0 Å². The van der Waals surface area contributed by atoms with E-state index in [0.29, 0.717) is 16.8 Å². The van der Waals surface area contributed by atoms with Gasteiger partial charge >= 0.3 is 5.97 Å². The normalized spacial score (nSPS) is 12.0. The zero-order chi connectivity index (χ0) is 24.7. The minimum Gasteiger partial charge on any atom is -0.480 e. The molecule has 0 spiro atoms. The molecule has 0 heterocycles. The van der Waals surface area contributed by atoms with Gasteiger partial charge in [0.2, 0.25) is 0 Å². The van der Waals surface area contributed by atoms with Gasteiger partial charge in [-0.1, -0.05) is 83.3 Å². The molecule has 0 fully saturated rings. The average molecular weight is 518 g/mol. The van der Waals surface area contributed by atoms with Crippen molar-refractivity contribution in [1.29, 1.82) is 0 Å². The van der Waals surface area contributed by atoms with Gasteiger partial charge in [-0.3, -0.25) is 9.59 Å². The molecular formula is C25H19Cl3N2O4. The van der Waals surface area contributed by atoms with Crippen LogP contribution in [0.15, 0.2) is 78.3 Å². The van der Waals surface area contributed by atoms with E-state index in [9.17, 15) is 19.5 Å². The summed E-state index contributed by atoms with van der Waals surface area (Å²) in [6, 6.07) is 18.8. The molecule has 0 aromatic heterocycles. The largest absolute Gasteiger partial charge is 0.480 e. The quantitative estimate of drug-likeness (QED) is 0.337. The first kappa shape index (κ1) is 25.3. The lowest BCUT2D eigenvalue weighted by atomic mass is 10.0. The topological polar surface area (TPSA) is 95.5 Å². The van der Waals surface area contributed by atoms with Crippen LogP contribution in [0.5, 0.6) is 0 Å². The molecule has 3 aromatic carbocycles. The van der Waals surface area contributed by atoms with Crippen molar-refractivity contribution >= 4 is 63.8 Å². The standard InChI is InChI=1S/C25H19Cl3N2O4/c26-14-18(16-5-2-1-3-6-16)23(31)30-21(25(33)34)13-15-9-11-17(12-10-15)29-24(32)22-19(27)7-4-8-20(22)28/h1-12,14,21H,13H2,(H,29,32)(H,30,31)(H,33,34)/t21-/m0/s1. The fraction of sp³-hybridized carbons (Fsp3) is 0.0800. The highest BCUT2D eigenvalue weighted by molar-refractivity contribution is 6.40. The summed E-state index contributed by atoms with van der Waals surface area (Å²) < 4.78 is 0. The number of carbonyl (C=O) groups is 3. The minimum atomic E-state index is -1.19. The van der Waals surface area contributed by atoms with Gasteiger partial charge in [-0.15, -0.1) is 0 Å². The molecule has 0 radical (unpaired) electrons. The molecule has 0 aliphatic rings. The van der Waals surface area contributed by atoms with Gasteiger partial charge in [0, 0.05) is 17.6 Å². The summed E-state index contributed by atoms with van der Waals surface area (Å²) in [4.78, 5) is 36.9. The van der Waals surface area contributed by atoms with E-state index in [1.807, 2.05) is 0 Å². The number of anilines is 1. The first-order valence-electron chi connectivity index (χ1n) is 10.0. The van der Waals surface area contributed by atoms with E-state index in [-0.39, 0.29) is 27.6 Å². The summed E-state index contributed by atoms with van der Waals surface area (Å²) >= 11 is 18.0. The van der Waals surface area contributed by atoms with E-state index in [1.54, 1.807) is 72.8 Å². The van der Waals surface area contributed by atoms with Crippen LogP contribution >= 0.6 is 34.8 Å². The number of benzene rings is 3. The maximum Gasteiger partial charge on any atom is 0.326 e. The number of carboxylic acid groups (broad SMARTS) is 1. The number of hydrogen-bond donors (Lipinski definition) is 3. The highest BCUT2D eigenvalue weighted by Gasteiger charge is 2.23. The number of carboxylic acids is 1. The molecule has 34 heavy (non-hydrogen) atoms. The Morgan fingerprint density at radius 1 is 0.882 bits per heavy atom. The van der Waals surface area contributed by atoms with Gasteiger partial charge in [0.25, 0.3) is 11.8 Å². The maximum absolute atomic E-state index is 12.6. The summed E-state index contributed by atoms with van der Waals surface area (Å²) in [6.45, 7) is 0. The van der Waals surface area contributed by atoms with Crippen molar-refractivity contribution in [2.75, 3.05) is 5.32 Å².